The number of carbonyl (C=O) groups excluding carboxylic acids is 1. The minimum absolute atomic E-state index is 0.0485. The molecular formula is C18H20N2O2. The van der Waals surface area contributed by atoms with E-state index >= 15 is 0 Å². The van der Waals surface area contributed by atoms with Gasteiger partial charge in [-0.2, -0.15) is 0 Å². The zero-order valence-corrected chi connectivity index (χ0v) is 12.7. The molecule has 0 aliphatic carbocycles. The molecule has 0 bridgehead atoms. The molecule has 1 amide bonds. The average molecular weight is 296 g/mol. The van der Waals surface area contributed by atoms with Crippen LogP contribution in [0.4, 0.5) is 0 Å². The first-order chi connectivity index (χ1) is 10.8. The van der Waals surface area contributed by atoms with Crippen LogP contribution in [0.25, 0.3) is 0 Å². The lowest BCUT2D eigenvalue weighted by molar-refractivity contribution is 0.0634. The Kier molecular flexibility index (Phi) is 4.39. The Morgan fingerprint density at radius 1 is 1.14 bits per heavy atom. The van der Waals surface area contributed by atoms with Gasteiger partial charge in [0.2, 0.25) is 0 Å². The number of ether oxygens (including phenoxy) is 1. The van der Waals surface area contributed by atoms with Crippen molar-refractivity contribution in [1.29, 1.82) is 0 Å². The molecule has 1 unspecified atom stereocenters. The minimum Gasteiger partial charge on any atom is -0.497 e. The van der Waals surface area contributed by atoms with Crippen molar-refractivity contribution in [2.75, 3.05) is 26.7 Å². The van der Waals surface area contributed by atoms with Gasteiger partial charge in [0.25, 0.3) is 5.91 Å². The summed E-state index contributed by atoms with van der Waals surface area (Å²) < 4.78 is 5.20. The number of benzene rings is 2. The summed E-state index contributed by atoms with van der Waals surface area (Å²) in [5.41, 5.74) is 1.86. The zero-order valence-electron chi connectivity index (χ0n) is 12.7. The molecule has 0 saturated carbocycles. The summed E-state index contributed by atoms with van der Waals surface area (Å²) in [5.74, 6) is 0.913. The van der Waals surface area contributed by atoms with Crippen molar-refractivity contribution >= 4 is 5.91 Å². The highest BCUT2D eigenvalue weighted by Gasteiger charge is 2.28. The molecule has 1 heterocycles. The fourth-order valence-corrected chi connectivity index (χ4v) is 2.82. The van der Waals surface area contributed by atoms with E-state index in [4.69, 9.17) is 4.74 Å². The molecule has 1 aliphatic rings. The van der Waals surface area contributed by atoms with Gasteiger partial charge in [-0.25, -0.2) is 0 Å². The second kappa shape index (κ2) is 6.62. The zero-order chi connectivity index (χ0) is 15.4. The normalized spacial score (nSPS) is 18.0. The second-order valence-electron chi connectivity index (χ2n) is 5.36. The van der Waals surface area contributed by atoms with Crippen molar-refractivity contribution in [1.82, 2.24) is 10.2 Å². The number of nitrogens with one attached hydrogen (secondary N) is 1. The van der Waals surface area contributed by atoms with E-state index < -0.39 is 0 Å². The summed E-state index contributed by atoms with van der Waals surface area (Å²) >= 11 is 0. The standard InChI is InChI=1S/C18H20N2O2/c1-22-16-9-7-14(8-10-16)17-13-19-11-12-20(17)18(21)15-5-3-2-4-6-15/h2-10,17,19H,11-13H2,1H3. The second-order valence-corrected chi connectivity index (χ2v) is 5.36. The van der Waals surface area contributed by atoms with Crippen molar-refractivity contribution in [3.8, 4) is 5.75 Å². The van der Waals surface area contributed by atoms with Crippen molar-refractivity contribution in [3.63, 3.8) is 0 Å². The number of carbonyl (C=O) groups is 1. The molecule has 114 valence electrons. The van der Waals surface area contributed by atoms with Gasteiger partial charge in [-0.1, -0.05) is 30.3 Å². The average Bonchev–Trinajstić information content (AvgIpc) is 2.62. The van der Waals surface area contributed by atoms with Crippen LogP contribution in [0, 0.1) is 0 Å². The summed E-state index contributed by atoms with van der Waals surface area (Å²) in [6.45, 7) is 2.31. The van der Waals surface area contributed by atoms with Crippen LogP contribution in [-0.2, 0) is 0 Å². The SMILES string of the molecule is COc1ccc(C2CNCCN2C(=O)c2ccccc2)cc1. The number of hydrogen-bond acceptors (Lipinski definition) is 3. The van der Waals surface area contributed by atoms with Gasteiger partial charge < -0.3 is 15.0 Å². The Morgan fingerprint density at radius 2 is 1.86 bits per heavy atom. The number of hydrogen-bond donors (Lipinski definition) is 1. The van der Waals surface area contributed by atoms with E-state index in [1.165, 1.54) is 0 Å². The first-order valence-electron chi connectivity index (χ1n) is 7.50. The molecule has 4 nitrogen and oxygen atoms in total. The van der Waals surface area contributed by atoms with Crippen LogP contribution in [0.1, 0.15) is 22.0 Å². The molecule has 4 heteroatoms. The molecule has 0 spiro atoms. The first-order valence-corrected chi connectivity index (χ1v) is 7.50. The van der Waals surface area contributed by atoms with E-state index in [2.05, 4.69) is 5.32 Å². The van der Waals surface area contributed by atoms with Crippen LogP contribution in [0.15, 0.2) is 54.6 Å². The van der Waals surface area contributed by atoms with Crippen LogP contribution in [0.3, 0.4) is 0 Å². The van der Waals surface area contributed by atoms with E-state index in [1.807, 2.05) is 59.5 Å². The molecule has 1 saturated heterocycles. The minimum atomic E-state index is 0.0485. The molecule has 2 aromatic carbocycles. The lowest BCUT2D eigenvalue weighted by atomic mass is 10.0. The lowest BCUT2D eigenvalue weighted by Gasteiger charge is -2.36. The summed E-state index contributed by atoms with van der Waals surface area (Å²) in [5, 5.41) is 3.37. The number of nitrogens with zero attached hydrogens (tertiary/aromatic N) is 1. The third-order valence-electron chi connectivity index (χ3n) is 4.03. The van der Waals surface area contributed by atoms with Crippen molar-refractivity contribution in [3.05, 3.63) is 65.7 Å². The highest BCUT2D eigenvalue weighted by molar-refractivity contribution is 5.94. The predicted molar refractivity (Wildman–Crippen MR) is 86.1 cm³/mol. The maximum atomic E-state index is 12.8. The number of piperazine rings is 1. The molecule has 1 atom stereocenters. The third-order valence-corrected chi connectivity index (χ3v) is 4.03. The number of rotatable bonds is 3. The molecule has 0 radical (unpaired) electrons. The van der Waals surface area contributed by atoms with Crippen LogP contribution in [0.2, 0.25) is 0 Å². The van der Waals surface area contributed by atoms with E-state index in [9.17, 15) is 4.79 Å². The summed E-state index contributed by atoms with van der Waals surface area (Å²) in [6.07, 6.45) is 0. The molecule has 0 aromatic heterocycles. The Hall–Kier alpha value is -2.33. The van der Waals surface area contributed by atoms with Crippen molar-refractivity contribution in [2.24, 2.45) is 0 Å². The maximum Gasteiger partial charge on any atom is 0.254 e. The lowest BCUT2D eigenvalue weighted by Crippen LogP contribution is -2.48. The molecular weight excluding hydrogens is 276 g/mol. The largest absolute Gasteiger partial charge is 0.497 e. The van der Waals surface area contributed by atoms with Crippen molar-refractivity contribution < 1.29 is 9.53 Å². The summed E-state index contributed by atoms with van der Waals surface area (Å²) in [4.78, 5) is 14.7. The Morgan fingerprint density at radius 3 is 2.55 bits per heavy atom. The highest BCUT2D eigenvalue weighted by Crippen LogP contribution is 2.25. The Bertz CT molecular complexity index is 625. The summed E-state index contributed by atoms with van der Waals surface area (Å²) in [6, 6.07) is 17.5. The molecule has 3 rings (SSSR count). The van der Waals surface area contributed by atoms with E-state index in [-0.39, 0.29) is 11.9 Å². The van der Waals surface area contributed by atoms with Crippen molar-refractivity contribution in [2.45, 2.75) is 6.04 Å². The van der Waals surface area contributed by atoms with Crippen LogP contribution in [-0.4, -0.2) is 37.6 Å². The highest BCUT2D eigenvalue weighted by atomic mass is 16.5. The van der Waals surface area contributed by atoms with Gasteiger partial charge in [-0.15, -0.1) is 0 Å². The van der Waals surface area contributed by atoms with Gasteiger partial charge in [0, 0.05) is 25.2 Å². The van der Waals surface area contributed by atoms with Crippen LogP contribution >= 0.6 is 0 Å². The molecule has 2 aromatic rings. The smallest absolute Gasteiger partial charge is 0.254 e. The van der Waals surface area contributed by atoms with E-state index in [1.54, 1.807) is 7.11 Å². The number of amides is 1. The van der Waals surface area contributed by atoms with Crippen LogP contribution < -0.4 is 10.1 Å². The Balaban J connectivity index is 1.86. The monoisotopic (exact) mass is 296 g/mol. The van der Waals surface area contributed by atoms with Gasteiger partial charge in [-0.3, -0.25) is 4.79 Å². The Labute approximate surface area is 130 Å². The van der Waals surface area contributed by atoms with Gasteiger partial charge in [0.15, 0.2) is 0 Å². The van der Waals surface area contributed by atoms with E-state index in [0.717, 1.165) is 30.0 Å². The van der Waals surface area contributed by atoms with Gasteiger partial charge in [0.1, 0.15) is 5.75 Å². The molecule has 22 heavy (non-hydrogen) atoms. The maximum absolute atomic E-state index is 12.8. The van der Waals surface area contributed by atoms with Gasteiger partial charge in [0.05, 0.1) is 13.2 Å². The molecule has 1 fully saturated rings. The molecule has 1 aliphatic heterocycles. The predicted octanol–water partition coefficient (Wildman–Crippen LogP) is 2.48. The number of methoxy groups -OCH3 is 1. The quantitative estimate of drug-likeness (QED) is 0.946. The van der Waals surface area contributed by atoms with E-state index in [0.29, 0.717) is 6.54 Å². The van der Waals surface area contributed by atoms with Gasteiger partial charge in [-0.05, 0) is 29.8 Å². The topological polar surface area (TPSA) is 41.6 Å². The third kappa shape index (κ3) is 2.97. The fourth-order valence-electron chi connectivity index (χ4n) is 2.82. The molecule has 1 N–H and O–H groups in total. The summed E-state index contributed by atoms with van der Waals surface area (Å²) in [7, 11) is 1.66. The van der Waals surface area contributed by atoms with Gasteiger partial charge >= 0.3 is 0 Å². The van der Waals surface area contributed by atoms with Crippen LogP contribution in [0.5, 0.6) is 5.75 Å². The fraction of sp³-hybridized carbons (Fsp3) is 0.278. The first kappa shape index (κ1) is 14.6.